The van der Waals surface area contributed by atoms with Crippen LogP contribution in [0.5, 0.6) is 0 Å². The van der Waals surface area contributed by atoms with Gasteiger partial charge in [0, 0.05) is 12.6 Å². The minimum Gasteiger partial charge on any atom is -0.394 e. The van der Waals surface area contributed by atoms with Crippen molar-refractivity contribution in [2.75, 3.05) is 13.2 Å². The van der Waals surface area contributed by atoms with Crippen molar-refractivity contribution in [2.24, 2.45) is 0 Å². The van der Waals surface area contributed by atoms with Crippen molar-refractivity contribution < 1.29 is 23.4 Å². The molecule has 0 aliphatic carbocycles. The Labute approximate surface area is 103 Å². The van der Waals surface area contributed by atoms with E-state index in [0.29, 0.717) is 5.56 Å². The summed E-state index contributed by atoms with van der Waals surface area (Å²) in [5, 5.41) is 20.6. The first-order valence-corrected chi connectivity index (χ1v) is 5.54. The molecule has 1 aromatic carbocycles. The third kappa shape index (κ3) is 4.29. The van der Waals surface area contributed by atoms with Gasteiger partial charge >= 0.3 is 6.18 Å². The van der Waals surface area contributed by atoms with E-state index >= 15 is 0 Å². The molecule has 0 aromatic heterocycles. The van der Waals surface area contributed by atoms with Gasteiger partial charge in [0.05, 0.1) is 18.3 Å². The van der Waals surface area contributed by atoms with E-state index in [2.05, 4.69) is 5.32 Å². The van der Waals surface area contributed by atoms with Gasteiger partial charge in [0.25, 0.3) is 0 Å². The molecule has 0 spiro atoms. The van der Waals surface area contributed by atoms with E-state index in [1.165, 1.54) is 6.07 Å². The van der Waals surface area contributed by atoms with Crippen molar-refractivity contribution in [3.8, 4) is 0 Å². The van der Waals surface area contributed by atoms with Crippen LogP contribution in [0.25, 0.3) is 0 Å². The average molecular weight is 263 g/mol. The van der Waals surface area contributed by atoms with E-state index in [1.807, 2.05) is 0 Å². The van der Waals surface area contributed by atoms with Gasteiger partial charge in [-0.1, -0.05) is 12.1 Å². The Hall–Kier alpha value is -1.11. The standard InChI is InChI=1S/C12H16F3NO2/c1-8(16-6-11(18)7-17)9-3-2-4-10(5-9)12(13,14)15/h2-5,8,11,16-18H,6-7H2,1H3/t8-,11-/m0/s1. The Kier molecular flexibility index (Phi) is 5.13. The zero-order chi connectivity index (χ0) is 13.8. The molecular formula is C12H16F3NO2. The van der Waals surface area contributed by atoms with E-state index in [-0.39, 0.29) is 19.2 Å². The third-order valence-electron chi connectivity index (χ3n) is 2.58. The topological polar surface area (TPSA) is 52.5 Å². The molecule has 102 valence electrons. The van der Waals surface area contributed by atoms with Crippen LogP contribution in [0.2, 0.25) is 0 Å². The zero-order valence-corrected chi connectivity index (χ0v) is 9.91. The molecule has 0 unspecified atom stereocenters. The second-order valence-electron chi connectivity index (χ2n) is 4.09. The molecule has 6 heteroatoms. The molecule has 18 heavy (non-hydrogen) atoms. The first-order valence-electron chi connectivity index (χ1n) is 5.54. The first-order chi connectivity index (χ1) is 8.34. The highest BCUT2D eigenvalue weighted by atomic mass is 19.4. The number of benzene rings is 1. The molecule has 1 rings (SSSR count). The SMILES string of the molecule is C[C@H](NC[C@H](O)CO)c1cccc(C(F)(F)F)c1. The lowest BCUT2D eigenvalue weighted by molar-refractivity contribution is -0.137. The number of rotatable bonds is 5. The molecule has 1 aromatic rings. The Bertz CT molecular complexity index is 382. The van der Waals surface area contributed by atoms with Gasteiger partial charge < -0.3 is 15.5 Å². The summed E-state index contributed by atoms with van der Waals surface area (Å²) in [5.41, 5.74) is -0.216. The van der Waals surface area contributed by atoms with E-state index in [9.17, 15) is 13.2 Å². The molecule has 0 aliphatic rings. The van der Waals surface area contributed by atoms with E-state index in [1.54, 1.807) is 13.0 Å². The van der Waals surface area contributed by atoms with E-state index < -0.39 is 17.8 Å². The van der Waals surface area contributed by atoms with Gasteiger partial charge in [-0.15, -0.1) is 0 Å². The smallest absolute Gasteiger partial charge is 0.394 e. The van der Waals surface area contributed by atoms with Gasteiger partial charge in [0.2, 0.25) is 0 Å². The summed E-state index contributed by atoms with van der Waals surface area (Å²) in [4.78, 5) is 0. The summed E-state index contributed by atoms with van der Waals surface area (Å²) in [6.45, 7) is 1.43. The van der Waals surface area contributed by atoms with E-state index in [0.717, 1.165) is 12.1 Å². The molecule has 0 saturated heterocycles. The van der Waals surface area contributed by atoms with Crippen molar-refractivity contribution in [1.29, 1.82) is 0 Å². The average Bonchev–Trinajstić information content (AvgIpc) is 2.34. The van der Waals surface area contributed by atoms with Gasteiger partial charge in [0.1, 0.15) is 0 Å². The molecule has 0 heterocycles. The van der Waals surface area contributed by atoms with Crippen molar-refractivity contribution in [3.05, 3.63) is 35.4 Å². The molecule has 3 N–H and O–H groups in total. The summed E-state index contributed by atoms with van der Waals surface area (Å²) in [6, 6.07) is 4.67. The lowest BCUT2D eigenvalue weighted by atomic mass is 10.0. The fraction of sp³-hybridized carbons (Fsp3) is 0.500. The van der Waals surface area contributed by atoms with Crippen LogP contribution in [0, 0.1) is 0 Å². The summed E-state index contributed by atoms with van der Waals surface area (Å²) in [6.07, 6.45) is -5.28. The lowest BCUT2D eigenvalue weighted by Crippen LogP contribution is -2.31. The molecule has 0 bridgehead atoms. The van der Waals surface area contributed by atoms with Gasteiger partial charge in [-0.2, -0.15) is 13.2 Å². The largest absolute Gasteiger partial charge is 0.416 e. The van der Waals surface area contributed by atoms with Crippen molar-refractivity contribution in [3.63, 3.8) is 0 Å². The molecule has 0 fully saturated rings. The molecule has 0 saturated carbocycles. The van der Waals surface area contributed by atoms with Crippen molar-refractivity contribution in [2.45, 2.75) is 25.2 Å². The van der Waals surface area contributed by atoms with Gasteiger partial charge in [0.15, 0.2) is 0 Å². The van der Waals surface area contributed by atoms with Crippen LogP contribution in [0.1, 0.15) is 24.1 Å². The number of aliphatic hydroxyl groups excluding tert-OH is 2. The Morgan fingerprint density at radius 3 is 2.56 bits per heavy atom. The predicted molar refractivity (Wildman–Crippen MR) is 61.0 cm³/mol. The van der Waals surface area contributed by atoms with Crippen LogP contribution in [-0.4, -0.2) is 29.5 Å². The predicted octanol–water partition coefficient (Wildman–Crippen LogP) is 1.71. The molecule has 0 aliphatic heterocycles. The Morgan fingerprint density at radius 2 is 2.00 bits per heavy atom. The first kappa shape index (κ1) is 14.9. The maximum absolute atomic E-state index is 12.5. The van der Waals surface area contributed by atoms with Gasteiger partial charge in [-0.05, 0) is 24.6 Å². The van der Waals surface area contributed by atoms with Gasteiger partial charge in [-0.25, -0.2) is 0 Å². The van der Waals surface area contributed by atoms with Crippen LogP contribution >= 0.6 is 0 Å². The fourth-order valence-corrected chi connectivity index (χ4v) is 1.48. The van der Waals surface area contributed by atoms with Crippen LogP contribution in [0.15, 0.2) is 24.3 Å². The molecular weight excluding hydrogens is 247 g/mol. The maximum Gasteiger partial charge on any atom is 0.416 e. The third-order valence-corrected chi connectivity index (χ3v) is 2.58. The highest BCUT2D eigenvalue weighted by molar-refractivity contribution is 5.27. The van der Waals surface area contributed by atoms with Crippen LogP contribution < -0.4 is 5.32 Å². The fourth-order valence-electron chi connectivity index (χ4n) is 1.48. The van der Waals surface area contributed by atoms with Crippen LogP contribution in [0.3, 0.4) is 0 Å². The van der Waals surface area contributed by atoms with Crippen molar-refractivity contribution in [1.82, 2.24) is 5.32 Å². The van der Waals surface area contributed by atoms with Crippen LogP contribution in [-0.2, 0) is 6.18 Å². The second-order valence-corrected chi connectivity index (χ2v) is 4.09. The number of hydrogen-bond donors (Lipinski definition) is 3. The summed E-state index contributed by atoms with van der Waals surface area (Å²) >= 11 is 0. The number of hydrogen-bond acceptors (Lipinski definition) is 3. The molecule has 0 amide bonds. The highest BCUT2D eigenvalue weighted by Gasteiger charge is 2.30. The molecule has 2 atom stereocenters. The molecule has 3 nitrogen and oxygen atoms in total. The van der Waals surface area contributed by atoms with Crippen LogP contribution in [0.4, 0.5) is 13.2 Å². The normalized spacial score (nSPS) is 15.4. The summed E-state index contributed by atoms with van der Waals surface area (Å²) < 4.78 is 37.5. The quantitative estimate of drug-likeness (QED) is 0.758. The minimum absolute atomic E-state index is 0.119. The second kappa shape index (κ2) is 6.17. The number of nitrogens with one attached hydrogen (secondary N) is 1. The number of alkyl halides is 3. The molecule has 0 radical (unpaired) electrons. The van der Waals surface area contributed by atoms with Crippen molar-refractivity contribution >= 4 is 0 Å². The summed E-state index contributed by atoms with van der Waals surface area (Å²) in [7, 11) is 0. The van der Waals surface area contributed by atoms with Gasteiger partial charge in [-0.3, -0.25) is 0 Å². The zero-order valence-electron chi connectivity index (χ0n) is 9.91. The Morgan fingerprint density at radius 1 is 1.33 bits per heavy atom. The highest BCUT2D eigenvalue weighted by Crippen LogP contribution is 2.30. The van der Waals surface area contributed by atoms with E-state index in [4.69, 9.17) is 10.2 Å². The Balaban J connectivity index is 2.71. The number of halogens is 3. The number of aliphatic hydroxyl groups is 2. The summed E-state index contributed by atoms with van der Waals surface area (Å²) in [5.74, 6) is 0. The maximum atomic E-state index is 12.5. The minimum atomic E-state index is -4.36. The monoisotopic (exact) mass is 263 g/mol. The lowest BCUT2D eigenvalue weighted by Gasteiger charge is -2.17.